The third-order valence-electron chi connectivity index (χ3n) is 5.26. The van der Waals surface area contributed by atoms with E-state index in [1.54, 1.807) is 6.92 Å². The summed E-state index contributed by atoms with van der Waals surface area (Å²) in [5, 5.41) is 10.1. The molecule has 0 bridgehead atoms. The lowest BCUT2D eigenvalue weighted by atomic mass is 9.84. The van der Waals surface area contributed by atoms with Crippen molar-refractivity contribution in [3.05, 3.63) is 69.0 Å². The molecule has 0 radical (unpaired) electrons. The van der Waals surface area contributed by atoms with Gasteiger partial charge in [-0.3, -0.25) is 9.36 Å². The second-order valence-corrected chi connectivity index (χ2v) is 7.63. The summed E-state index contributed by atoms with van der Waals surface area (Å²) < 4.78 is 13.6. The molecule has 0 amide bonds. The molecule has 2 fully saturated rings. The molecule has 0 saturated carbocycles. The second kappa shape index (κ2) is 5.64. The monoisotopic (exact) mass is 358 g/mol. The van der Waals surface area contributed by atoms with Crippen molar-refractivity contribution in [1.82, 2.24) is 9.13 Å². The fourth-order valence-corrected chi connectivity index (χ4v) is 3.64. The van der Waals surface area contributed by atoms with Crippen molar-refractivity contribution in [2.45, 2.75) is 57.0 Å². The maximum absolute atomic E-state index is 13.0. The quantitative estimate of drug-likeness (QED) is 0.816. The van der Waals surface area contributed by atoms with Crippen LogP contribution in [0.15, 0.2) is 52.2 Å². The SMILES string of the molecule is C[C@H]1OC2(n3ccc(=O)n(CC(C)(C)c4ccccc4)c3=O)OC2C1O. The van der Waals surface area contributed by atoms with Crippen molar-refractivity contribution in [2.24, 2.45) is 0 Å². The molecule has 1 aromatic heterocycles. The molecule has 3 unspecified atom stereocenters. The number of aliphatic hydroxyl groups excluding tert-OH is 1. The molecule has 2 aliphatic heterocycles. The lowest BCUT2D eigenvalue weighted by Crippen LogP contribution is -2.46. The van der Waals surface area contributed by atoms with Gasteiger partial charge in [-0.25, -0.2) is 9.36 Å². The first kappa shape index (κ1) is 17.2. The summed E-state index contributed by atoms with van der Waals surface area (Å²) in [7, 11) is 0. The summed E-state index contributed by atoms with van der Waals surface area (Å²) in [5.41, 5.74) is -0.281. The van der Waals surface area contributed by atoms with Gasteiger partial charge in [0.1, 0.15) is 6.10 Å². The molecule has 4 rings (SSSR count). The Labute approximate surface area is 150 Å². The molecule has 0 aliphatic carbocycles. The summed E-state index contributed by atoms with van der Waals surface area (Å²) in [6.07, 6.45) is -0.463. The average molecular weight is 358 g/mol. The smallest absolute Gasteiger partial charge is 0.335 e. The lowest BCUT2D eigenvalue weighted by Gasteiger charge is -2.26. The van der Waals surface area contributed by atoms with E-state index in [-0.39, 0.29) is 12.1 Å². The first-order valence-electron chi connectivity index (χ1n) is 8.68. The van der Waals surface area contributed by atoms with Gasteiger partial charge in [0.05, 0.1) is 6.10 Å². The van der Waals surface area contributed by atoms with Crippen LogP contribution < -0.4 is 11.2 Å². The zero-order chi connectivity index (χ0) is 18.7. The van der Waals surface area contributed by atoms with Crippen LogP contribution >= 0.6 is 0 Å². The van der Waals surface area contributed by atoms with E-state index in [2.05, 4.69) is 0 Å². The molecule has 7 nitrogen and oxygen atoms in total. The minimum Gasteiger partial charge on any atom is -0.387 e. The lowest BCUT2D eigenvalue weighted by molar-refractivity contribution is -0.152. The number of hydrogen-bond acceptors (Lipinski definition) is 5. The van der Waals surface area contributed by atoms with Crippen LogP contribution in [0.4, 0.5) is 0 Å². The van der Waals surface area contributed by atoms with E-state index in [9.17, 15) is 14.7 Å². The number of hydrogen-bond donors (Lipinski definition) is 1. The Morgan fingerprint density at radius 3 is 2.46 bits per heavy atom. The van der Waals surface area contributed by atoms with Gasteiger partial charge in [0, 0.05) is 24.2 Å². The van der Waals surface area contributed by atoms with Gasteiger partial charge in [-0.05, 0) is 12.5 Å². The highest BCUT2D eigenvalue weighted by molar-refractivity contribution is 5.23. The Balaban J connectivity index is 1.73. The topological polar surface area (TPSA) is 86.0 Å². The molecule has 1 aromatic carbocycles. The fourth-order valence-electron chi connectivity index (χ4n) is 3.64. The van der Waals surface area contributed by atoms with Gasteiger partial charge in [-0.15, -0.1) is 0 Å². The summed E-state index contributed by atoms with van der Waals surface area (Å²) in [4.78, 5) is 25.4. The van der Waals surface area contributed by atoms with Crippen LogP contribution in [0, 0.1) is 0 Å². The highest BCUT2D eigenvalue weighted by atomic mass is 16.8. The van der Waals surface area contributed by atoms with Gasteiger partial charge in [0.15, 0.2) is 6.10 Å². The number of nitrogens with zero attached hydrogens (tertiary/aromatic N) is 2. The zero-order valence-corrected chi connectivity index (χ0v) is 15.0. The van der Waals surface area contributed by atoms with Gasteiger partial charge >= 0.3 is 5.69 Å². The molecule has 2 aromatic rings. The summed E-state index contributed by atoms with van der Waals surface area (Å²) in [6, 6.07) is 11.1. The summed E-state index contributed by atoms with van der Waals surface area (Å²) in [5.74, 6) is -1.30. The van der Waals surface area contributed by atoms with Crippen molar-refractivity contribution < 1.29 is 14.6 Å². The molecule has 2 saturated heterocycles. The molecule has 0 spiro atoms. The van der Waals surface area contributed by atoms with E-state index in [0.717, 1.165) is 5.56 Å². The molecule has 26 heavy (non-hydrogen) atoms. The number of ether oxygens (including phenoxy) is 2. The summed E-state index contributed by atoms with van der Waals surface area (Å²) in [6.45, 7) is 5.91. The van der Waals surface area contributed by atoms with Gasteiger partial charge in [0.2, 0.25) is 0 Å². The number of epoxide rings is 1. The van der Waals surface area contributed by atoms with E-state index in [4.69, 9.17) is 9.47 Å². The third kappa shape index (κ3) is 2.46. The third-order valence-corrected chi connectivity index (χ3v) is 5.26. The predicted molar refractivity (Wildman–Crippen MR) is 93.8 cm³/mol. The Kier molecular flexibility index (Phi) is 3.73. The van der Waals surface area contributed by atoms with Gasteiger partial charge in [-0.1, -0.05) is 44.2 Å². The second-order valence-electron chi connectivity index (χ2n) is 7.63. The number of benzene rings is 1. The Morgan fingerprint density at radius 2 is 1.85 bits per heavy atom. The largest absolute Gasteiger partial charge is 0.387 e. The maximum atomic E-state index is 13.0. The molecule has 3 heterocycles. The van der Waals surface area contributed by atoms with Crippen LogP contribution in [0.3, 0.4) is 0 Å². The van der Waals surface area contributed by atoms with E-state index in [1.807, 2.05) is 44.2 Å². The van der Waals surface area contributed by atoms with Crippen LogP contribution in [0.25, 0.3) is 0 Å². The molecule has 2 aliphatic rings. The van der Waals surface area contributed by atoms with E-state index >= 15 is 0 Å². The Morgan fingerprint density at radius 1 is 1.15 bits per heavy atom. The molecule has 7 heteroatoms. The number of aromatic nitrogens is 2. The van der Waals surface area contributed by atoms with Crippen molar-refractivity contribution in [3.8, 4) is 0 Å². The molecule has 138 valence electrons. The highest BCUT2D eigenvalue weighted by Crippen LogP contribution is 2.51. The van der Waals surface area contributed by atoms with Crippen LogP contribution in [0.1, 0.15) is 26.3 Å². The maximum Gasteiger partial charge on any atom is 0.335 e. The van der Waals surface area contributed by atoms with Crippen molar-refractivity contribution >= 4 is 0 Å². The minimum atomic E-state index is -1.30. The van der Waals surface area contributed by atoms with Gasteiger partial charge in [-0.2, -0.15) is 0 Å². The molecule has 1 N–H and O–H groups in total. The first-order valence-corrected chi connectivity index (χ1v) is 8.68. The molecular formula is C19H22N2O5. The molecular weight excluding hydrogens is 336 g/mol. The van der Waals surface area contributed by atoms with Crippen molar-refractivity contribution in [2.75, 3.05) is 0 Å². The molecule has 4 atom stereocenters. The van der Waals surface area contributed by atoms with E-state index < -0.39 is 35.3 Å². The number of rotatable bonds is 4. The predicted octanol–water partition coefficient (Wildman–Crippen LogP) is 0.776. The Bertz CT molecular complexity index is 948. The van der Waals surface area contributed by atoms with Crippen LogP contribution in [-0.4, -0.2) is 32.6 Å². The van der Waals surface area contributed by atoms with Crippen LogP contribution in [0.5, 0.6) is 0 Å². The first-order chi connectivity index (χ1) is 12.3. The van der Waals surface area contributed by atoms with Crippen LogP contribution in [0.2, 0.25) is 0 Å². The van der Waals surface area contributed by atoms with Gasteiger partial charge in [0.25, 0.3) is 11.5 Å². The average Bonchev–Trinajstić information content (AvgIpc) is 3.27. The van der Waals surface area contributed by atoms with Crippen molar-refractivity contribution in [3.63, 3.8) is 0 Å². The van der Waals surface area contributed by atoms with E-state index in [1.165, 1.54) is 21.4 Å². The zero-order valence-electron chi connectivity index (χ0n) is 15.0. The van der Waals surface area contributed by atoms with Crippen LogP contribution in [-0.2, 0) is 27.3 Å². The standard InChI is InChI=1S/C19H22N2O5/c1-12-15(23)16-19(25-12,26-16)21-10-9-14(22)20(17(21)24)11-18(2,3)13-7-5-4-6-8-13/h4-10,12,15-16,23H,11H2,1-3H3/t12-,15?,16?,19?/m1/s1. The Hall–Kier alpha value is -2.22. The van der Waals surface area contributed by atoms with Gasteiger partial charge < -0.3 is 14.6 Å². The highest BCUT2D eigenvalue weighted by Gasteiger charge is 2.71. The fraction of sp³-hybridized carbons (Fsp3) is 0.474. The van der Waals surface area contributed by atoms with E-state index in [0.29, 0.717) is 0 Å². The summed E-state index contributed by atoms with van der Waals surface area (Å²) >= 11 is 0. The number of fused-ring (bicyclic) bond motifs is 1. The minimum absolute atomic E-state index is 0.217. The van der Waals surface area contributed by atoms with Crippen molar-refractivity contribution in [1.29, 1.82) is 0 Å². The normalized spacial score (nSPS) is 30.2. The number of aliphatic hydroxyl groups is 1.